The van der Waals surface area contributed by atoms with E-state index in [4.69, 9.17) is 0 Å². The Morgan fingerprint density at radius 2 is 2.19 bits per heavy atom. The van der Waals surface area contributed by atoms with Gasteiger partial charge in [0, 0.05) is 16.0 Å². The highest BCUT2D eigenvalue weighted by atomic mass is 35.5. The lowest BCUT2D eigenvalue weighted by atomic mass is 10.1. The highest BCUT2D eigenvalue weighted by Crippen LogP contribution is 2.31. The fourth-order valence-corrected chi connectivity index (χ4v) is 2.84. The van der Waals surface area contributed by atoms with E-state index in [0.29, 0.717) is 0 Å². The maximum atomic E-state index is 4.44. The predicted molar refractivity (Wildman–Crippen MR) is 73.8 cm³/mol. The zero-order valence-electron chi connectivity index (χ0n) is 9.56. The fourth-order valence-electron chi connectivity index (χ4n) is 1.75. The molecule has 1 aromatic rings. The average Bonchev–Trinajstić information content (AvgIpc) is 2.73. The van der Waals surface area contributed by atoms with E-state index in [-0.39, 0.29) is 18.4 Å². The number of nitrogens with one attached hydrogen (secondary N) is 1. The standard InChI is InChI=1S/C12H16N2S.ClH/c1-3-9-7-10(12(4-2)15-9)11-5-6-13-8-14-11;/h5-8,11H,3-4H2,1-2H3,(H,13,14);1H. The van der Waals surface area contributed by atoms with Gasteiger partial charge in [-0.25, -0.2) is 0 Å². The van der Waals surface area contributed by atoms with E-state index in [1.807, 2.05) is 17.5 Å². The van der Waals surface area contributed by atoms with Gasteiger partial charge in [0.1, 0.15) is 0 Å². The molecule has 0 radical (unpaired) electrons. The summed E-state index contributed by atoms with van der Waals surface area (Å²) in [6.07, 6.45) is 8.07. The molecule has 0 spiro atoms. The first kappa shape index (κ1) is 13.3. The Balaban J connectivity index is 0.00000128. The van der Waals surface area contributed by atoms with E-state index in [1.165, 1.54) is 15.3 Å². The van der Waals surface area contributed by atoms with Crippen LogP contribution in [0.5, 0.6) is 0 Å². The van der Waals surface area contributed by atoms with Crippen molar-refractivity contribution < 1.29 is 0 Å². The molecule has 2 rings (SSSR count). The van der Waals surface area contributed by atoms with Crippen molar-refractivity contribution in [2.75, 3.05) is 0 Å². The van der Waals surface area contributed by atoms with Crippen molar-refractivity contribution in [3.05, 3.63) is 33.7 Å². The summed E-state index contributed by atoms with van der Waals surface area (Å²) in [6.45, 7) is 4.42. The van der Waals surface area contributed by atoms with Crippen LogP contribution in [0.1, 0.15) is 35.2 Å². The SMILES string of the molecule is CCc1cc(C2C=CNC=N2)c(CC)s1.Cl. The third-order valence-corrected chi connectivity index (χ3v) is 4.00. The van der Waals surface area contributed by atoms with E-state index in [2.05, 4.69) is 36.3 Å². The van der Waals surface area contributed by atoms with Crippen molar-refractivity contribution in [2.45, 2.75) is 32.7 Å². The summed E-state index contributed by atoms with van der Waals surface area (Å²) in [5, 5.41) is 2.97. The van der Waals surface area contributed by atoms with Crippen LogP contribution in [0, 0.1) is 0 Å². The van der Waals surface area contributed by atoms with Crippen LogP contribution in [0.15, 0.2) is 23.3 Å². The molecule has 0 aliphatic carbocycles. The first-order valence-electron chi connectivity index (χ1n) is 5.41. The van der Waals surface area contributed by atoms with Crippen molar-refractivity contribution in [1.29, 1.82) is 0 Å². The number of hydrogen-bond donors (Lipinski definition) is 1. The molecule has 0 saturated carbocycles. The van der Waals surface area contributed by atoms with Crippen LogP contribution in [0.4, 0.5) is 0 Å². The molecule has 0 aromatic carbocycles. The number of thiophene rings is 1. The Bertz CT molecular complexity index is 384. The molecule has 0 saturated heterocycles. The zero-order valence-corrected chi connectivity index (χ0v) is 11.2. The summed E-state index contributed by atoms with van der Waals surface area (Å²) in [7, 11) is 0. The maximum Gasteiger partial charge on any atom is 0.0975 e. The highest BCUT2D eigenvalue weighted by Gasteiger charge is 2.14. The summed E-state index contributed by atoms with van der Waals surface area (Å²) >= 11 is 1.92. The van der Waals surface area contributed by atoms with Gasteiger partial charge in [-0.05, 0) is 30.5 Å². The molecule has 1 N–H and O–H groups in total. The van der Waals surface area contributed by atoms with Crippen molar-refractivity contribution in [1.82, 2.24) is 5.32 Å². The molecule has 1 aliphatic rings. The normalized spacial score (nSPS) is 18.0. The first-order valence-corrected chi connectivity index (χ1v) is 6.22. The molecule has 1 aliphatic heterocycles. The predicted octanol–water partition coefficient (Wildman–Crippen LogP) is 3.48. The molecule has 2 nitrogen and oxygen atoms in total. The molecular formula is C12H17ClN2S. The highest BCUT2D eigenvalue weighted by molar-refractivity contribution is 7.12. The molecule has 1 atom stereocenters. The van der Waals surface area contributed by atoms with E-state index in [9.17, 15) is 0 Å². The Kier molecular flexibility index (Phi) is 5.03. The van der Waals surface area contributed by atoms with Crippen LogP contribution in [-0.4, -0.2) is 6.34 Å². The second-order valence-corrected chi connectivity index (χ2v) is 4.77. The van der Waals surface area contributed by atoms with Crippen molar-refractivity contribution in [2.24, 2.45) is 4.99 Å². The molecule has 4 heteroatoms. The number of nitrogens with zero attached hydrogens (tertiary/aromatic N) is 1. The number of rotatable bonds is 3. The first-order chi connectivity index (χ1) is 7.35. The van der Waals surface area contributed by atoms with Crippen molar-refractivity contribution >= 4 is 30.1 Å². The van der Waals surface area contributed by atoms with Gasteiger partial charge in [0.25, 0.3) is 0 Å². The molecule has 0 amide bonds. The summed E-state index contributed by atoms with van der Waals surface area (Å²) in [4.78, 5) is 7.37. The molecule has 1 aromatic heterocycles. The average molecular weight is 257 g/mol. The van der Waals surface area contributed by atoms with Crippen LogP contribution < -0.4 is 5.32 Å². The van der Waals surface area contributed by atoms with E-state index < -0.39 is 0 Å². The van der Waals surface area contributed by atoms with Crippen LogP contribution in [0.3, 0.4) is 0 Å². The van der Waals surface area contributed by atoms with Gasteiger partial charge in [-0.2, -0.15) is 0 Å². The lowest BCUT2D eigenvalue weighted by Crippen LogP contribution is -2.08. The number of aryl methyl sites for hydroxylation is 2. The Hall–Kier alpha value is -0.800. The maximum absolute atomic E-state index is 4.44. The molecule has 0 fully saturated rings. The molecule has 1 unspecified atom stereocenters. The number of hydrogen-bond acceptors (Lipinski definition) is 3. The van der Waals surface area contributed by atoms with Gasteiger partial charge >= 0.3 is 0 Å². The second-order valence-electron chi connectivity index (χ2n) is 3.55. The zero-order chi connectivity index (χ0) is 10.7. The summed E-state index contributed by atoms with van der Waals surface area (Å²) in [6, 6.07) is 2.53. The van der Waals surface area contributed by atoms with Gasteiger partial charge < -0.3 is 5.32 Å². The van der Waals surface area contributed by atoms with Crippen LogP contribution in [0.2, 0.25) is 0 Å². The van der Waals surface area contributed by atoms with E-state index in [0.717, 1.165) is 12.8 Å². The smallest absolute Gasteiger partial charge is 0.0975 e. The molecule has 2 heterocycles. The molecule has 0 bridgehead atoms. The van der Waals surface area contributed by atoms with Gasteiger partial charge in [-0.15, -0.1) is 23.7 Å². The van der Waals surface area contributed by atoms with Gasteiger partial charge in [-0.3, -0.25) is 4.99 Å². The summed E-state index contributed by atoms with van der Waals surface area (Å²) in [5.74, 6) is 0. The Morgan fingerprint density at radius 3 is 2.75 bits per heavy atom. The number of aliphatic imine (C=N–C) groups is 1. The summed E-state index contributed by atoms with van der Waals surface area (Å²) < 4.78 is 0. The lowest BCUT2D eigenvalue weighted by molar-refractivity contribution is 0.871. The van der Waals surface area contributed by atoms with Gasteiger partial charge in [0.2, 0.25) is 0 Å². The van der Waals surface area contributed by atoms with Crippen LogP contribution in [-0.2, 0) is 12.8 Å². The quantitative estimate of drug-likeness (QED) is 0.880. The van der Waals surface area contributed by atoms with Gasteiger partial charge in [-0.1, -0.05) is 13.8 Å². The largest absolute Gasteiger partial charge is 0.353 e. The minimum atomic E-state index is 0. The topological polar surface area (TPSA) is 24.4 Å². The molecule has 88 valence electrons. The van der Waals surface area contributed by atoms with Gasteiger partial charge in [0.15, 0.2) is 0 Å². The van der Waals surface area contributed by atoms with E-state index in [1.54, 1.807) is 6.34 Å². The molecular weight excluding hydrogens is 240 g/mol. The number of halogens is 1. The Labute approximate surface area is 107 Å². The second kappa shape index (κ2) is 6.06. The van der Waals surface area contributed by atoms with Crippen molar-refractivity contribution in [3.63, 3.8) is 0 Å². The lowest BCUT2D eigenvalue weighted by Gasteiger charge is -2.11. The van der Waals surface area contributed by atoms with Crippen molar-refractivity contribution in [3.8, 4) is 0 Å². The third kappa shape index (κ3) is 2.66. The summed E-state index contributed by atoms with van der Waals surface area (Å²) in [5.41, 5.74) is 1.38. The Morgan fingerprint density at radius 1 is 1.38 bits per heavy atom. The fraction of sp³-hybridized carbons (Fsp3) is 0.417. The minimum Gasteiger partial charge on any atom is -0.353 e. The molecule has 16 heavy (non-hydrogen) atoms. The minimum absolute atomic E-state index is 0. The van der Waals surface area contributed by atoms with E-state index >= 15 is 0 Å². The monoisotopic (exact) mass is 256 g/mol. The third-order valence-electron chi connectivity index (χ3n) is 2.57. The van der Waals surface area contributed by atoms with Crippen LogP contribution in [0.25, 0.3) is 0 Å². The van der Waals surface area contributed by atoms with Gasteiger partial charge in [0.05, 0.1) is 12.4 Å². The van der Waals surface area contributed by atoms with Crippen LogP contribution >= 0.6 is 23.7 Å².